The van der Waals surface area contributed by atoms with E-state index < -0.39 is 11.9 Å². The highest BCUT2D eigenvalue weighted by molar-refractivity contribution is 9.10. The molecule has 0 aliphatic heterocycles. The number of aromatic nitrogens is 3. The topological polar surface area (TPSA) is 108 Å². The second kappa shape index (κ2) is 9.98. The molecule has 5 aromatic rings. The van der Waals surface area contributed by atoms with Crippen LogP contribution in [0.15, 0.2) is 85.7 Å². The molecule has 0 spiro atoms. The van der Waals surface area contributed by atoms with Gasteiger partial charge < -0.3 is 13.7 Å². The fourth-order valence-corrected chi connectivity index (χ4v) is 4.52. The minimum atomic E-state index is -0.718. The van der Waals surface area contributed by atoms with Crippen LogP contribution in [0.2, 0.25) is 0 Å². The van der Waals surface area contributed by atoms with E-state index in [0.29, 0.717) is 21.4 Å². The summed E-state index contributed by atoms with van der Waals surface area (Å²) in [5, 5.41) is 0.171. The van der Waals surface area contributed by atoms with Crippen LogP contribution in [0, 0.1) is 6.92 Å². The molecule has 1 amide bonds. The molecular weight excluding hydrogens is 540 g/mol. The summed E-state index contributed by atoms with van der Waals surface area (Å²) in [6.07, 6.45) is 3.13. The number of carbonyl (C=O) groups is 2. The van der Waals surface area contributed by atoms with E-state index in [4.69, 9.17) is 14.1 Å². The number of benzene rings is 1. The van der Waals surface area contributed by atoms with Gasteiger partial charge in [0.1, 0.15) is 22.6 Å². The second-order valence-corrected chi connectivity index (χ2v) is 9.06. The number of hydrogen-bond donors (Lipinski definition) is 0. The normalized spacial score (nSPS) is 11.8. The number of esters is 1. The van der Waals surface area contributed by atoms with E-state index in [1.165, 1.54) is 16.7 Å². The van der Waals surface area contributed by atoms with E-state index in [-0.39, 0.29) is 40.8 Å². The number of hydrogen-bond acceptors (Lipinski definition) is 6. The molecule has 186 valence electrons. The van der Waals surface area contributed by atoms with Crippen molar-refractivity contribution in [2.75, 3.05) is 6.61 Å². The molecule has 0 N–H and O–H groups in total. The van der Waals surface area contributed by atoms with Gasteiger partial charge in [0.2, 0.25) is 0 Å². The van der Waals surface area contributed by atoms with Gasteiger partial charge in [-0.1, -0.05) is 18.2 Å². The molecule has 9 nitrogen and oxygen atoms in total. The molecule has 10 heteroatoms. The first-order chi connectivity index (χ1) is 17.9. The van der Waals surface area contributed by atoms with Crippen molar-refractivity contribution in [3.63, 3.8) is 0 Å². The van der Waals surface area contributed by atoms with Crippen LogP contribution in [-0.4, -0.2) is 32.4 Å². The lowest BCUT2D eigenvalue weighted by Crippen LogP contribution is -2.33. The Hall–Kier alpha value is -4.31. The first-order valence-corrected chi connectivity index (χ1v) is 12.3. The number of pyridine rings is 2. The molecule has 0 unspecified atom stereocenters. The van der Waals surface area contributed by atoms with E-state index in [1.807, 2.05) is 13.0 Å². The minimum Gasteiger partial charge on any atom is -0.467 e. The highest BCUT2D eigenvalue weighted by Gasteiger charge is 2.21. The zero-order chi connectivity index (χ0) is 26.1. The molecule has 0 fully saturated rings. The lowest BCUT2D eigenvalue weighted by atomic mass is 10.2. The Kier molecular flexibility index (Phi) is 6.58. The van der Waals surface area contributed by atoms with E-state index >= 15 is 0 Å². The van der Waals surface area contributed by atoms with E-state index in [1.54, 1.807) is 60.2 Å². The third-order valence-corrected chi connectivity index (χ3v) is 6.50. The van der Waals surface area contributed by atoms with Gasteiger partial charge in [-0.15, -0.1) is 0 Å². The van der Waals surface area contributed by atoms with Gasteiger partial charge in [0.25, 0.3) is 11.5 Å². The predicted molar refractivity (Wildman–Crippen MR) is 139 cm³/mol. The maximum Gasteiger partial charge on any atom is 0.341 e. The number of furan rings is 1. The van der Waals surface area contributed by atoms with Gasteiger partial charge in [0.15, 0.2) is 5.49 Å². The average molecular weight is 561 g/mol. The van der Waals surface area contributed by atoms with Crippen LogP contribution in [0.5, 0.6) is 0 Å². The fourth-order valence-electron chi connectivity index (χ4n) is 4.07. The van der Waals surface area contributed by atoms with Gasteiger partial charge in [-0.05, 0) is 71.7 Å². The highest BCUT2D eigenvalue weighted by atomic mass is 79.9. The lowest BCUT2D eigenvalue weighted by Gasteiger charge is -2.15. The summed E-state index contributed by atoms with van der Waals surface area (Å²) in [6.45, 7) is 3.68. The first kappa shape index (κ1) is 24.4. The van der Waals surface area contributed by atoms with Crippen molar-refractivity contribution in [1.29, 1.82) is 0 Å². The highest BCUT2D eigenvalue weighted by Crippen LogP contribution is 2.18. The molecule has 0 saturated heterocycles. The molecule has 4 aromatic heterocycles. The molecular formula is C27H21BrN4O5. The van der Waals surface area contributed by atoms with Crippen LogP contribution < -0.4 is 11.0 Å². The molecule has 4 heterocycles. The van der Waals surface area contributed by atoms with Crippen molar-refractivity contribution in [3.8, 4) is 0 Å². The third kappa shape index (κ3) is 4.51. The summed E-state index contributed by atoms with van der Waals surface area (Å²) < 4.78 is 14.4. The second-order valence-electron chi connectivity index (χ2n) is 8.20. The van der Waals surface area contributed by atoms with Crippen molar-refractivity contribution in [3.05, 3.63) is 110 Å². The van der Waals surface area contributed by atoms with Crippen LogP contribution in [0.1, 0.15) is 39.0 Å². The van der Waals surface area contributed by atoms with Crippen molar-refractivity contribution in [1.82, 2.24) is 14.0 Å². The Balaban J connectivity index is 1.93. The van der Waals surface area contributed by atoms with Gasteiger partial charge >= 0.3 is 5.97 Å². The standard InChI is InChI=1S/C27H21BrN4O5/c1-3-36-27(35)20-14-19-23(29-22-16(2)8-6-12-31(22)26(19)34)32(15-17-9-7-13-37-17)24(20)30-25(33)18-10-4-5-11-21(18)28/h4-14H,3,15H2,1-2H3. The van der Waals surface area contributed by atoms with Gasteiger partial charge in [-0.3, -0.25) is 14.0 Å². The van der Waals surface area contributed by atoms with Crippen molar-refractivity contribution in [2.45, 2.75) is 20.4 Å². The number of nitrogens with zero attached hydrogens (tertiary/aromatic N) is 4. The van der Waals surface area contributed by atoms with E-state index in [0.717, 1.165) is 5.56 Å². The number of ether oxygens (including phenoxy) is 1. The quantitative estimate of drug-likeness (QED) is 0.234. The fraction of sp³-hybridized carbons (Fsp3) is 0.148. The Morgan fingerprint density at radius 2 is 1.89 bits per heavy atom. The minimum absolute atomic E-state index is 0.00735. The number of halogens is 1. The summed E-state index contributed by atoms with van der Waals surface area (Å²) in [5.41, 5.74) is 1.39. The smallest absolute Gasteiger partial charge is 0.341 e. The Morgan fingerprint density at radius 3 is 2.62 bits per heavy atom. The van der Waals surface area contributed by atoms with Gasteiger partial charge in [0, 0.05) is 10.7 Å². The molecule has 5 rings (SSSR count). The Morgan fingerprint density at radius 1 is 1.08 bits per heavy atom. The molecule has 1 aromatic carbocycles. The van der Waals surface area contributed by atoms with Crippen molar-refractivity contribution < 1.29 is 18.7 Å². The van der Waals surface area contributed by atoms with E-state index in [9.17, 15) is 14.4 Å². The molecule has 0 bridgehead atoms. The number of fused-ring (bicyclic) bond motifs is 2. The SMILES string of the molecule is CCOC(=O)c1cc2c(=O)n3cccc(C)c3nc2n(Cc2ccco2)c1=NC(=O)c1ccccc1Br. The van der Waals surface area contributed by atoms with Gasteiger partial charge in [-0.2, -0.15) is 4.99 Å². The molecule has 0 aliphatic rings. The Labute approximate surface area is 218 Å². The summed E-state index contributed by atoms with van der Waals surface area (Å²) in [5.74, 6) is -0.784. The Bertz CT molecular complexity index is 1800. The van der Waals surface area contributed by atoms with Gasteiger partial charge in [0.05, 0.1) is 30.4 Å². The molecule has 0 saturated carbocycles. The summed E-state index contributed by atoms with van der Waals surface area (Å²) >= 11 is 3.38. The average Bonchev–Trinajstić information content (AvgIpc) is 3.40. The van der Waals surface area contributed by atoms with Crippen LogP contribution in [0.3, 0.4) is 0 Å². The predicted octanol–water partition coefficient (Wildman–Crippen LogP) is 4.28. The maximum absolute atomic E-state index is 13.6. The van der Waals surface area contributed by atoms with Crippen LogP contribution in [-0.2, 0) is 11.3 Å². The molecule has 0 atom stereocenters. The van der Waals surface area contributed by atoms with Crippen LogP contribution in [0.4, 0.5) is 0 Å². The van der Waals surface area contributed by atoms with Crippen molar-refractivity contribution in [2.24, 2.45) is 4.99 Å². The van der Waals surface area contributed by atoms with Gasteiger partial charge in [-0.25, -0.2) is 9.78 Å². The van der Waals surface area contributed by atoms with Crippen LogP contribution >= 0.6 is 15.9 Å². The molecule has 0 radical (unpaired) electrons. The summed E-state index contributed by atoms with van der Waals surface area (Å²) in [6, 6.07) is 15.3. The number of amides is 1. The summed E-state index contributed by atoms with van der Waals surface area (Å²) in [7, 11) is 0. The van der Waals surface area contributed by atoms with Crippen molar-refractivity contribution >= 4 is 44.5 Å². The zero-order valence-corrected chi connectivity index (χ0v) is 21.6. The largest absolute Gasteiger partial charge is 0.467 e. The first-order valence-electron chi connectivity index (χ1n) is 11.5. The number of rotatable bonds is 5. The molecule has 0 aliphatic carbocycles. The monoisotopic (exact) mass is 560 g/mol. The maximum atomic E-state index is 13.6. The lowest BCUT2D eigenvalue weighted by molar-refractivity contribution is 0.0523. The van der Waals surface area contributed by atoms with Crippen LogP contribution in [0.25, 0.3) is 16.7 Å². The molecule has 37 heavy (non-hydrogen) atoms. The third-order valence-electron chi connectivity index (χ3n) is 5.81. The number of carbonyl (C=O) groups excluding carboxylic acids is 2. The van der Waals surface area contributed by atoms with E-state index in [2.05, 4.69) is 20.9 Å². The summed E-state index contributed by atoms with van der Waals surface area (Å²) in [4.78, 5) is 49.1. The number of aryl methyl sites for hydroxylation is 1. The zero-order valence-electron chi connectivity index (χ0n) is 20.0.